The number of furan rings is 2. The van der Waals surface area contributed by atoms with E-state index in [4.69, 9.17) is 8.83 Å². The monoisotopic (exact) mass is 888 g/mol. The van der Waals surface area contributed by atoms with Crippen LogP contribution in [0.4, 0.5) is 0 Å². The highest BCUT2D eigenvalue weighted by atomic mass is 16.3. The Morgan fingerprint density at radius 3 is 1.11 bits per heavy atom. The molecule has 2 heteroatoms. The Morgan fingerprint density at radius 1 is 0.186 bits per heavy atom. The third-order valence-corrected chi connectivity index (χ3v) is 14.8. The van der Waals surface area contributed by atoms with E-state index in [9.17, 15) is 0 Å². The highest BCUT2D eigenvalue weighted by molar-refractivity contribution is 6.26. The summed E-state index contributed by atoms with van der Waals surface area (Å²) < 4.78 is 13.0. The van der Waals surface area contributed by atoms with Gasteiger partial charge >= 0.3 is 0 Å². The molecular formula is C68H40O2. The maximum absolute atomic E-state index is 6.52. The average molecular weight is 889 g/mol. The van der Waals surface area contributed by atoms with Crippen molar-refractivity contribution in [2.75, 3.05) is 0 Å². The van der Waals surface area contributed by atoms with Gasteiger partial charge in [-0.05, 0) is 158 Å². The minimum atomic E-state index is 0.889. The van der Waals surface area contributed by atoms with Crippen LogP contribution in [0, 0.1) is 0 Å². The van der Waals surface area contributed by atoms with Crippen molar-refractivity contribution < 1.29 is 8.83 Å². The summed E-state index contributed by atoms with van der Waals surface area (Å²) in [6.45, 7) is 0. The van der Waals surface area contributed by atoms with Crippen molar-refractivity contribution >= 4 is 97.7 Å². The van der Waals surface area contributed by atoms with Crippen LogP contribution in [0.3, 0.4) is 0 Å². The smallest absolute Gasteiger partial charge is 0.136 e. The van der Waals surface area contributed by atoms with Crippen LogP contribution in [0.15, 0.2) is 251 Å². The first-order valence-corrected chi connectivity index (χ1v) is 24.1. The van der Waals surface area contributed by atoms with Crippen molar-refractivity contribution in [1.29, 1.82) is 0 Å². The van der Waals surface area contributed by atoms with Gasteiger partial charge < -0.3 is 8.83 Å². The van der Waals surface area contributed by atoms with E-state index in [-0.39, 0.29) is 0 Å². The normalized spacial score (nSPS) is 12.0. The van der Waals surface area contributed by atoms with Gasteiger partial charge in [0, 0.05) is 21.5 Å². The van der Waals surface area contributed by atoms with Gasteiger partial charge in [-0.3, -0.25) is 0 Å². The maximum Gasteiger partial charge on any atom is 0.136 e. The first-order valence-electron chi connectivity index (χ1n) is 24.1. The van der Waals surface area contributed by atoms with Crippen LogP contribution in [0.25, 0.3) is 153 Å². The molecule has 0 saturated heterocycles. The molecule has 0 spiro atoms. The Labute approximate surface area is 402 Å². The molecule has 0 radical (unpaired) electrons. The molecule has 0 saturated carbocycles. The van der Waals surface area contributed by atoms with Gasteiger partial charge in [-0.25, -0.2) is 0 Å². The van der Waals surface area contributed by atoms with Gasteiger partial charge in [0.1, 0.15) is 22.3 Å². The number of benzene rings is 13. The van der Waals surface area contributed by atoms with Gasteiger partial charge in [0.25, 0.3) is 0 Å². The molecule has 0 aliphatic heterocycles. The second-order valence-electron chi connectivity index (χ2n) is 18.6. The molecular weight excluding hydrogens is 849 g/mol. The molecule has 0 N–H and O–H groups in total. The number of fused-ring (bicyclic) bond motifs is 11. The SMILES string of the molecule is c1ccc(-c2c3ccccc3c(-c3ccc4c(c3)oc3ccccc34)c3ccc(-c4ccc5c(-c6ccc7c(c6)oc6ccccc67)c6ccccc6c(-c6cccc7ccccc67)c5c4)cc23)cc1. The van der Waals surface area contributed by atoms with Gasteiger partial charge in [-0.15, -0.1) is 0 Å². The van der Waals surface area contributed by atoms with Crippen LogP contribution >= 0.6 is 0 Å². The van der Waals surface area contributed by atoms with Crippen molar-refractivity contribution in [1.82, 2.24) is 0 Å². The van der Waals surface area contributed by atoms with E-state index in [1.165, 1.54) is 87.2 Å². The molecule has 0 aliphatic carbocycles. The molecule has 2 aromatic heterocycles. The number of rotatable bonds is 5. The molecule has 0 amide bonds. The summed E-state index contributed by atoms with van der Waals surface area (Å²) in [7, 11) is 0. The van der Waals surface area contributed by atoms with Crippen molar-refractivity contribution in [3.05, 3.63) is 243 Å². The van der Waals surface area contributed by atoms with Crippen LogP contribution in [-0.4, -0.2) is 0 Å². The summed E-state index contributed by atoms with van der Waals surface area (Å²) in [6, 6.07) is 88.6. The Kier molecular flexibility index (Phi) is 8.39. The zero-order valence-corrected chi connectivity index (χ0v) is 37.9. The average Bonchev–Trinajstić information content (AvgIpc) is 3.99. The van der Waals surface area contributed by atoms with E-state index in [0.717, 1.165) is 66.1 Å². The van der Waals surface area contributed by atoms with Crippen LogP contribution in [0.1, 0.15) is 0 Å². The lowest BCUT2D eigenvalue weighted by atomic mass is 9.83. The van der Waals surface area contributed by atoms with Gasteiger partial charge in [0.05, 0.1) is 0 Å². The van der Waals surface area contributed by atoms with E-state index in [2.05, 4.69) is 231 Å². The quantitative estimate of drug-likeness (QED) is 0.161. The molecule has 13 aromatic carbocycles. The van der Waals surface area contributed by atoms with Crippen LogP contribution in [0.5, 0.6) is 0 Å². The second kappa shape index (κ2) is 15.1. The van der Waals surface area contributed by atoms with Gasteiger partial charge in [0.15, 0.2) is 0 Å². The third kappa shape index (κ3) is 5.81. The summed E-state index contributed by atoms with van der Waals surface area (Å²) in [5.74, 6) is 0. The van der Waals surface area contributed by atoms with E-state index in [1.807, 2.05) is 12.1 Å². The maximum atomic E-state index is 6.52. The first-order chi connectivity index (χ1) is 34.7. The molecule has 0 bridgehead atoms. The van der Waals surface area contributed by atoms with Crippen LogP contribution < -0.4 is 0 Å². The molecule has 2 nitrogen and oxygen atoms in total. The topological polar surface area (TPSA) is 26.3 Å². The predicted octanol–water partition coefficient (Wildman–Crippen LogP) is 19.6. The molecule has 2 heterocycles. The van der Waals surface area contributed by atoms with Crippen molar-refractivity contribution in [2.24, 2.45) is 0 Å². The minimum Gasteiger partial charge on any atom is -0.456 e. The lowest BCUT2D eigenvalue weighted by molar-refractivity contribution is 0.668. The fourth-order valence-electron chi connectivity index (χ4n) is 11.8. The summed E-state index contributed by atoms with van der Waals surface area (Å²) >= 11 is 0. The molecule has 70 heavy (non-hydrogen) atoms. The summed E-state index contributed by atoms with van der Waals surface area (Å²) in [4.78, 5) is 0. The van der Waals surface area contributed by atoms with E-state index in [1.54, 1.807) is 0 Å². The van der Waals surface area contributed by atoms with Gasteiger partial charge in [-0.2, -0.15) is 0 Å². The zero-order valence-electron chi connectivity index (χ0n) is 37.9. The van der Waals surface area contributed by atoms with Gasteiger partial charge in [0.2, 0.25) is 0 Å². The Balaban J connectivity index is 1.02. The number of para-hydroxylation sites is 2. The Hall–Kier alpha value is -9.24. The zero-order chi connectivity index (χ0) is 45.9. The Bertz CT molecular complexity index is 4640. The standard InChI is InChI=1S/C68H40O2/c1-2-16-42(17-3-1)65-53-22-6-7-23-54(53)66(45-31-33-50-48-20-10-12-27-61(48)69-63(50)39-45)57-35-29-43(37-59(57)65)44-30-36-58-60(38-44)68(52-26-14-18-41-15-4-5-19-47(41)52)56-25-9-8-24-55(56)67(58)46-32-34-51-49-21-11-13-28-62(49)70-64(51)40-46/h1-40H. The van der Waals surface area contributed by atoms with Gasteiger partial charge in [-0.1, -0.05) is 194 Å². The van der Waals surface area contributed by atoms with Crippen molar-refractivity contribution in [3.63, 3.8) is 0 Å². The lowest BCUT2D eigenvalue weighted by Gasteiger charge is -2.20. The minimum absolute atomic E-state index is 0.889. The summed E-state index contributed by atoms with van der Waals surface area (Å²) in [6.07, 6.45) is 0. The summed E-state index contributed by atoms with van der Waals surface area (Å²) in [5, 5.41) is 16.6. The summed E-state index contributed by atoms with van der Waals surface area (Å²) in [5.41, 5.74) is 15.4. The fourth-order valence-corrected chi connectivity index (χ4v) is 11.8. The lowest BCUT2D eigenvalue weighted by Crippen LogP contribution is -1.93. The fraction of sp³-hybridized carbons (Fsp3) is 0. The first kappa shape index (κ1) is 38.8. The highest BCUT2D eigenvalue weighted by Gasteiger charge is 2.22. The van der Waals surface area contributed by atoms with Crippen LogP contribution in [-0.2, 0) is 0 Å². The predicted molar refractivity (Wildman–Crippen MR) is 296 cm³/mol. The van der Waals surface area contributed by atoms with Crippen molar-refractivity contribution in [2.45, 2.75) is 0 Å². The van der Waals surface area contributed by atoms with E-state index >= 15 is 0 Å². The number of hydrogen-bond donors (Lipinski definition) is 0. The molecule has 15 aromatic rings. The molecule has 0 aliphatic rings. The Morgan fingerprint density at radius 2 is 0.557 bits per heavy atom. The van der Waals surface area contributed by atoms with Crippen LogP contribution in [0.2, 0.25) is 0 Å². The number of hydrogen-bond acceptors (Lipinski definition) is 2. The highest BCUT2D eigenvalue weighted by Crippen LogP contribution is 2.49. The molecule has 0 atom stereocenters. The molecule has 0 unspecified atom stereocenters. The molecule has 15 rings (SSSR count). The second-order valence-corrected chi connectivity index (χ2v) is 18.6. The third-order valence-electron chi connectivity index (χ3n) is 14.8. The van der Waals surface area contributed by atoms with Crippen molar-refractivity contribution in [3.8, 4) is 55.6 Å². The molecule has 0 fully saturated rings. The van der Waals surface area contributed by atoms with E-state index in [0.29, 0.717) is 0 Å². The molecule has 324 valence electrons. The largest absolute Gasteiger partial charge is 0.456 e. The van der Waals surface area contributed by atoms with E-state index < -0.39 is 0 Å².